The van der Waals surface area contributed by atoms with Gasteiger partial charge < -0.3 is 4.90 Å². The largest absolute Gasteiger partial charge is 0.345 e. The molecule has 1 aliphatic heterocycles. The number of Topliss-reactive ketones (excluding diaryl/α,β-unsaturated/α-hetero) is 1. The van der Waals surface area contributed by atoms with Crippen molar-refractivity contribution < 1.29 is 14.0 Å². The Hall–Kier alpha value is -2.57. The second-order valence-electron chi connectivity index (χ2n) is 6.88. The quantitative estimate of drug-likeness (QED) is 0.737. The molecule has 1 fully saturated rings. The number of carbonyl (C=O) groups is 2. The number of amides is 1. The van der Waals surface area contributed by atoms with Gasteiger partial charge >= 0.3 is 0 Å². The first kappa shape index (κ1) is 19.2. The molecule has 1 amide bonds. The van der Waals surface area contributed by atoms with E-state index in [9.17, 15) is 14.0 Å². The number of rotatable bonds is 7. The van der Waals surface area contributed by atoms with Crippen molar-refractivity contribution in [2.45, 2.75) is 18.9 Å². The number of hydrogen-bond donors (Lipinski definition) is 2. The number of halogens is 1. The molecule has 2 N–H and O–H groups in total. The lowest BCUT2D eigenvalue weighted by Crippen LogP contribution is -2.34. The van der Waals surface area contributed by atoms with E-state index in [1.165, 1.54) is 29.8 Å². The summed E-state index contributed by atoms with van der Waals surface area (Å²) in [5.41, 5.74) is 8.05. The molecular weight excluding hydrogens is 345 g/mol. The Bertz CT molecular complexity index is 780. The maximum atomic E-state index is 12.9. The number of hydrazine groups is 1. The van der Waals surface area contributed by atoms with E-state index in [0.717, 1.165) is 6.54 Å². The molecule has 142 valence electrons. The van der Waals surface area contributed by atoms with Crippen LogP contribution in [0.4, 0.5) is 4.39 Å². The van der Waals surface area contributed by atoms with E-state index in [1.54, 1.807) is 11.9 Å². The summed E-state index contributed by atoms with van der Waals surface area (Å²) in [7, 11) is 1.77. The summed E-state index contributed by atoms with van der Waals surface area (Å²) in [5.74, 6) is -0.351. The van der Waals surface area contributed by atoms with Crippen LogP contribution >= 0.6 is 0 Å². The van der Waals surface area contributed by atoms with Crippen molar-refractivity contribution in [1.82, 2.24) is 15.8 Å². The molecule has 27 heavy (non-hydrogen) atoms. The molecule has 0 spiro atoms. The van der Waals surface area contributed by atoms with Gasteiger partial charge in [0.15, 0.2) is 5.78 Å². The number of nitrogens with zero attached hydrogens (tertiary/aromatic N) is 1. The van der Waals surface area contributed by atoms with E-state index in [1.807, 2.05) is 18.2 Å². The highest BCUT2D eigenvalue weighted by Gasteiger charge is 2.30. The molecule has 0 bridgehead atoms. The molecule has 0 aliphatic carbocycles. The van der Waals surface area contributed by atoms with Gasteiger partial charge in [-0.3, -0.25) is 15.0 Å². The smallest absolute Gasteiger partial charge is 0.222 e. The van der Waals surface area contributed by atoms with Gasteiger partial charge in [-0.15, -0.1) is 0 Å². The summed E-state index contributed by atoms with van der Waals surface area (Å²) in [6.45, 7) is 1.37. The molecule has 2 atom stereocenters. The summed E-state index contributed by atoms with van der Waals surface area (Å²) < 4.78 is 12.9. The van der Waals surface area contributed by atoms with Crippen LogP contribution in [-0.4, -0.2) is 36.7 Å². The average molecular weight is 369 g/mol. The zero-order valence-electron chi connectivity index (χ0n) is 15.3. The second-order valence-corrected chi connectivity index (χ2v) is 6.88. The van der Waals surface area contributed by atoms with Crippen molar-refractivity contribution in [1.29, 1.82) is 0 Å². The van der Waals surface area contributed by atoms with Crippen LogP contribution in [0, 0.1) is 11.7 Å². The number of nitrogens with one attached hydrogen (secondary N) is 2. The number of benzene rings is 2. The predicted molar refractivity (Wildman–Crippen MR) is 101 cm³/mol. The van der Waals surface area contributed by atoms with E-state index in [-0.39, 0.29) is 42.3 Å². The molecule has 1 aliphatic rings. The van der Waals surface area contributed by atoms with Gasteiger partial charge in [0.1, 0.15) is 5.82 Å². The average Bonchev–Trinajstić information content (AvgIpc) is 3.15. The summed E-state index contributed by atoms with van der Waals surface area (Å²) in [6, 6.07) is 15.7. The minimum atomic E-state index is -0.380. The maximum Gasteiger partial charge on any atom is 0.222 e. The van der Waals surface area contributed by atoms with Crippen molar-refractivity contribution in [2.24, 2.45) is 5.92 Å². The summed E-state index contributed by atoms with van der Waals surface area (Å²) in [6.07, 6.45) is 0.272. The Morgan fingerprint density at radius 3 is 2.48 bits per heavy atom. The lowest BCUT2D eigenvalue weighted by atomic mass is 9.94. The van der Waals surface area contributed by atoms with Gasteiger partial charge in [0.05, 0.1) is 6.04 Å². The Kier molecular flexibility index (Phi) is 6.32. The third-order valence-corrected chi connectivity index (χ3v) is 4.92. The standard InChI is InChI=1S/C21H24FN3O2/c1-25(14-17-13-23-24-21(17)16-5-3-2-4-6-16)20(27)12-11-19(26)15-7-9-18(22)10-8-15/h2-10,17,21,23-24H,11-14H2,1H3. The topological polar surface area (TPSA) is 61.4 Å². The minimum absolute atomic E-state index is 0.0656. The summed E-state index contributed by atoms with van der Waals surface area (Å²) in [5, 5.41) is 0. The lowest BCUT2D eigenvalue weighted by Gasteiger charge is -2.25. The highest BCUT2D eigenvalue weighted by Crippen LogP contribution is 2.25. The number of carbonyl (C=O) groups excluding carboxylic acids is 2. The van der Waals surface area contributed by atoms with Gasteiger partial charge in [0, 0.05) is 44.5 Å². The highest BCUT2D eigenvalue weighted by molar-refractivity contribution is 5.97. The van der Waals surface area contributed by atoms with Gasteiger partial charge in [-0.25, -0.2) is 9.82 Å². The van der Waals surface area contributed by atoms with Crippen molar-refractivity contribution in [3.05, 3.63) is 71.5 Å². The molecule has 0 aromatic heterocycles. The third kappa shape index (κ3) is 4.99. The zero-order valence-corrected chi connectivity index (χ0v) is 15.3. The van der Waals surface area contributed by atoms with E-state index in [0.29, 0.717) is 12.1 Å². The number of hydrogen-bond acceptors (Lipinski definition) is 4. The Balaban J connectivity index is 1.51. The molecule has 2 aromatic carbocycles. The summed E-state index contributed by atoms with van der Waals surface area (Å²) >= 11 is 0. The van der Waals surface area contributed by atoms with Gasteiger partial charge in [-0.05, 0) is 29.8 Å². The van der Waals surface area contributed by atoms with Gasteiger partial charge in [0.25, 0.3) is 0 Å². The first-order valence-electron chi connectivity index (χ1n) is 9.10. The molecule has 2 unspecified atom stereocenters. The molecule has 1 heterocycles. The van der Waals surface area contributed by atoms with Crippen LogP contribution in [0.5, 0.6) is 0 Å². The van der Waals surface area contributed by atoms with Gasteiger partial charge in [-0.2, -0.15) is 0 Å². The Morgan fingerprint density at radius 1 is 1.07 bits per heavy atom. The van der Waals surface area contributed by atoms with Crippen molar-refractivity contribution >= 4 is 11.7 Å². The molecule has 0 radical (unpaired) electrons. The fourth-order valence-electron chi connectivity index (χ4n) is 3.37. The van der Waals surface area contributed by atoms with Crippen molar-refractivity contribution in [3.8, 4) is 0 Å². The zero-order chi connectivity index (χ0) is 19.2. The molecule has 1 saturated heterocycles. The van der Waals surface area contributed by atoms with Crippen molar-refractivity contribution in [2.75, 3.05) is 20.1 Å². The SMILES string of the molecule is CN(CC1CNNC1c1ccccc1)C(=O)CCC(=O)c1ccc(F)cc1. The van der Waals surface area contributed by atoms with E-state index < -0.39 is 0 Å². The fourth-order valence-corrected chi connectivity index (χ4v) is 3.37. The predicted octanol–water partition coefficient (Wildman–Crippen LogP) is 2.71. The fraction of sp³-hybridized carbons (Fsp3) is 0.333. The van der Waals surface area contributed by atoms with Crippen LogP contribution < -0.4 is 10.9 Å². The summed E-state index contributed by atoms with van der Waals surface area (Å²) in [4.78, 5) is 26.3. The van der Waals surface area contributed by atoms with Crippen LogP contribution in [-0.2, 0) is 4.79 Å². The molecule has 0 saturated carbocycles. The molecule has 2 aromatic rings. The van der Waals surface area contributed by atoms with Crippen LogP contribution in [0.15, 0.2) is 54.6 Å². The molecule has 6 heteroatoms. The molecular formula is C21H24FN3O2. The van der Waals surface area contributed by atoms with Crippen molar-refractivity contribution in [3.63, 3.8) is 0 Å². The van der Waals surface area contributed by atoms with Crippen LogP contribution in [0.25, 0.3) is 0 Å². The normalized spacial score (nSPS) is 19.0. The van der Waals surface area contributed by atoms with E-state index in [4.69, 9.17) is 0 Å². The first-order chi connectivity index (χ1) is 13.0. The minimum Gasteiger partial charge on any atom is -0.345 e. The third-order valence-electron chi connectivity index (χ3n) is 4.92. The Morgan fingerprint density at radius 2 is 1.78 bits per heavy atom. The monoisotopic (exact) mass is 369 g/mol. The van der Waals surface area contributed by atoms with Gasteiger partial charge in [0.2, 0.25) is 5.91 Å². The van der Waals surface area contributed by atoms with Crippen LogP contribution in [0.3, 0.4) is 0 Å². The first-order valence-corrected chi connectivity index (χ1v) is 9.10. The Labute approximate surface area is 158 Å². The highest BCUT2D eigenvalue weighted by atomic mass is 19.1. The molecule has 3 rings (SSSR count). The van der Waals surface area contributed by atoms with Crippen LogP contribution in [0.2, 0.25) is 0 Å². The van der Waals surface area contributed by atoms with E-state index >= 15 is 0 Å². The van der Waals surface area contributed by atoms with Crippen LogP contribution in [0.1, 0.15) is 34.8 Å². The lowest BCUT2D eigenvalue weighted by molar-refractivity contribution is -0.130. The number of ketones is 1. The maximum absolute atomic E-state index is 12.9. The van der Waals surface area contributed by atoms with E-state index in [2.05, 4.69) is 23.0 Å². The van der Waals surface area contributed by atoms with Gasteiger partial charge in [-0.1, -0.05) is 30.3 Å². The second kappa shape index (κ2) is 8.88. The molecule has 5 nitrogen and oxygen atoms in total.